The van der Waals surface area contributed by atoms with Crippen LogP contribution in [0.4, 0.5) is 0 Å². The molecule has 0 unspecified atom stereocenters. The first-order valence-electron chi connectivity index (χ1n) is 5.36. The second-order valence-corrected chi connectivity index (χ2v) is 7.55. The van der Waals surface area contributed by atoms with Gasteiger partial charge in [-0.15, -0.1) is 0 Å². The minimum Gasteiger partial charge on any atom is -0.0657 e. The van der Waals surface area contributed by atoms with Gasteiger partial charge in [0.15, 0.2) is 0 Å². The third-order valence-corrected chi connectivity index (χ3v) is 6.93. The fraction of sp³-hybridized carbons (Fsp3) is 1.00. The molecule has 0 aliphatic carbocycles. The summed E-state index contributed by atoms with van der Waals surface area (Å²) in [4.78, 5) is 0. The van der Waals surface area contributed by atoms with Gasteiger partial charge in [0, 0.05) is 8.80 Å². The van der Waals surface area contributed by atoms with E-state index in [4.69, 9.17) is 0 Å². The van der Waals surface area contributed by atoms with Gasteiger partial charge in [0.2, 0.25) is 0 Å². The van der Waals surface area contributed by atoms with E-state index in [0.717, 1.165) is 5.92 Å². The van der Waals surface area contributed by atoms with Crippen molar-refractivity contribution in [3.05, 3.63) is 0 Å². The Morgan fingerprint density at radius 3 is 2.27 bits per heavy atom. The van der Waals surface area contributed by atoms with Gasteiger partial charge in [0.05, 0.1) is 0 Å². The molecule has 0 saturated carbocycles. The fourth-order valence-corrected chi connectivity index (χ4v) is 5.90. The third-order valence-electron chi connectivity index (χ3n) is 3.24. The smallest absolute Gasteiger partial charge is 0.0367 e. The van der Waals surface area contributed by atoms with Crippen molar-refractivity contribution in [2.75, 3.05) is 0 Å². The van der Waals surface area contributed by atoms with Gasteiger partial charge in [0.1, 0.15) is 0 Å². The topological polar surface area (TPSA) is 0 Å². The zero-order chi connectivity index (χ0) is 8.10. The molecule has 0 amide bonds. The van der Waals surface area contributed by atoms with Crippen LogP contribution in [0.3, 0.4) is 0 Å². The quantitative estimate of drug-likeness (QED) is 0.569. The molecule has 11 heavy (non-hydrogen) atoms. The van der Waals surface area contributed by atoms with Gasteiger partial charge in [-0.25, -0.2) is 0 Å². The Hall–Kier alpha value is 0.217. The van der Waals surface area contributed by atoms with E-state index in [-0.39, 0.29) is 8.80 Å². The number of hydrogen-bond acceptors (Lipinski definition) is 0. The Labute approximate surface area is 73.0 Å². The van der Waals surface area contributed by atoms with Crippen LogP contribution in [-0.4, -0.2) is 8.80 Å². The molecule has 0 nitrogen and oxygen atoms in total. The Morgan fingerprint density at radius 1 is 1.18 bits per heavy atom. The third kappa shape index (κ3) is 2.98. The van der Waals surface area contributed by atoms with E-state index >= 15 is 0 Å². The van der Waals surface area contributed by atoms with E-state index in [1.165, 1.54) is 12.8 Å². The first kappa shape index (κ1) is 9.31. The van der Waals surface area contributed by atoms with Gasteiger partial charge in [-0.2, -0.15) is 0 Å². The average molecular weight is 170 g/mol. The first-order valence-corrected chi connectivity index (χ1v) is 7.81. The first-order chi connectivity index (χ1) is 5.36. The van der Waals surface area contributed by atoms with E-state index in [9.17, 15) is 0 Å². The van der Waals surface area contributed by atoms with Crippen molar-refractivity contribution in [1.82, 2.24) is 0 Å². The van der Waals surface area contributed by atoms with Crippen molar-refractivity contribution >= 4 is 8.80 Å². The molecule has 0 N–H and O–H groups in total. The summed E-state index contributed by atoms with van der Waals surface area (Å²) in [7, 11) is -0.179. The van der Waals surface area contributed by atoms with Crippen LogP contribution in [0.25, 0.3) is 0 Å². The maximum Gasteiger partial charge on any atom is 0.0367 e. The molecule has 1 saturated heterocycles. The highest BCUT2D eigenvalue weighted by atomic mass is 28.3. The van der Waals surface area contributed by atoms with E-state index < -0.39 is 0 Å². The summed E-state index contributed by atoms with van der Waals surface area (Å²) in [6.07, 6.45) is 6.04. The van der Waals surface area contributed by atoms with Crippen molar-refractivity contribution in [2.24, 2.45) is 5.92 Å². The predicted octanol–water partition coefficient (Wildman–Crippen LogP) is 3.44. The highest BCUT2D eigenvalue weighted by molar-refractivity contribution is 6.58. The van der Waals surface area contributed by atoms with Crippen molar-refractivity contribution in [2.45, 2.75) is 57.7 Å². The molecule has 66 valence electrons. The number of rotatable bonds is 3. The summed E-state index contributed by atoms with van der Waals surface area (Å²) >= 11 is 0. The molecule has 1 fully saturated rings. The molecular weight excluding hydrogens is 148 g/mol. The molecule has 1 aliphatic heterocycles. The largest absolute Gasteiger partial charge is 0.0657 e. The van der Waals surface area contributed by atoms with Crippen molar-refractivity contribution in [3.8, 4) is 0 Å². The molecular formula is C10H22Si. The fourth-order valence-electron chi connectivity index (χ4n) is 2.34. The molecule has 0 aromatic rings. The Balaban J connectivity index is 2.14. The zero-order valence-electron chi connectivity index (χ0n) is 8.10. The van der Waals surface area contributed by atoms with E-state index in [1.54, 1.807) is 31.0 Å². The van der Waals surface area contributed by atoms with Crippen molar-refractivity contribution in [1.29, 1.82) is 0 Å². The Kier molecular flexibility index (Phi) is 4.20. The summed E-state index contributed by atoms with van der Waals surface area (Å²) < 4.78 is 0. The lowest BCUT2D eigenvalue weighted by Crippen LogP contribution is -2.20. The van der Waals surface area contributed by atoms with Crippen LogP contribution in [0.5, 0.6) is 0 Å². The van der Waals surface area contributed by atoms with Crippen LogP contribution in [0, 0.1) is 5.92 Å². The van der Waals surface area contributed by atoms with Crippen LogP contribution in [-0.2, 0) is 0 Å². The maximum absolute atomic E-state index is 2.35. The Bertz CT molecular complexity index is 93.0. The summed E-state index contributed by atoms with van der Waals surface area (Å²) in [5.41, 5.74) is 0. The van der Waals surface area contributed by atoms with Crippen LogP contribution in [0.1, 0.15) is 39.5 Å². The molecule has 0 atom stereocenters. The van der Waals surface area contributed by atoms with Crippen LogP contribution >= 0.6 is 0 Å². The highest BCUT2D eigenvalue weighted by Gasteiger charge is 2.19. The molecule has 0 spiro atoms. The summed E-state index contributed by atoms with van der Waals surface area (Å²) in [6.45, 7) is 4.70. The second kappa shape index (κ2) is 4.97. The second-order valence-electron chi connectivity index (χ2n) is 4.08. The lowest BCUT2D eigenvalue weighted by molar-refractivity contribution is 0.456. The summed E-state index contributed by atoms with van der Waals surface area (Å²) in [5.74, 6) is 1.11. The minimum absolute atomic E-state index is 0.179. The van der Waals surface area contributed by atoms with Gasteiger partial charge in [-0.05, 0) is 5.92 Å². The standard InChI is InChI=1S/C10H22Si/c1-3-7-11-8-5-10(4-2)6-9-11/h10-11H,3-9H2,1-2H3. The molecule has 1 heterocycles. The lowest BCUT2D eigenvalue weighted by atomic mass is 10.0. The average Bonchev–Trinajstić information content (AvgIpc) is 2.07. The minimum atomic E-state index is -0.179. The molecule has 0 aromatic heterocycles. The van der Waals surface area contributed by atoms with Crippen LogP contribution in [0.15, 0.2) is 0 Å². The van der Waals surface area contributed by atoms with Crippen LogP contribution in [0.2, 0.25) is 18.1 Å². The molecule has 0 bridgehead atoms. The van der Waals surface area contributed by atoms with Gasteiger partial charge in [-0.3, -0.25) is 0 Å². The predicted molar refractivity (Wildman–Crippen MR) is 54.9 cm³/mol. The van der Waals surface area contributed by atoms with E-state index in [1.807, 2.05) is 0 Å². The summed E-state index contributed by atoms with van der Waals surface area (Å²) in [5, 5.41) is 0. The van der Waals surface area contributed by atoms with Crippen molar-refractivity contribution in [3.63, 3.8) is 0 Å². The Morgan fingerprint density at radius 2 is 1.82 bits per heavy atom. The molecule has 1 rings (SSSR count). The monoisotopic (exact) mass is 170 g/mol. The van der Waals surface area contributed by atoms with Crippen LogP contribution < -0.4 is 0 Å². The molecule has 0 aromatic carbocycles. The van der Waals surface area contributed by atoms with Gasteiger partial charge < -0.3 is 0 Å². The highest BCUT2D eigenvalue weighted by Crippen LogP contribution is 2.29. The molecule has 1 heteroatoms. The maximum atomic E-state index is 2.35. The normalized spacial score (nSPS) is 32.2. The van der Waals surface area contributed by atoms with Gasteiger partial charge in [-0.1, -0.05) is 57.7 Å². The van der Waals surface area contributed by atoms with E-state index in [2.05, 4.69) is 13.8 Å². The molecule has 1 aliphatic rings. The molecule has 0 radical (unpaired) electrons. The van der Waals surface area contributed by atoms with Gasteiger partial charge >= 0.3 is 0 Å². The summed E-state index contributed by atoms with van der Waals surface area (Å²) in [6, 6.07) is 4.94. The van der Waals surface area contributed by atoms with E-state index in [0.29, 0.717) is 0 Å². The SMILES string of the molecule is CCC[SiH]1CCC(CC)CC1. The van der Waals surface area contributed by atoms with Gasteiger partial charge in [0.25, 0.3) is 0 Å². The zero-order valence-corrected chi connectivity index (χ0v) is 9.26. The number of hydrogen-bond donors (Lipinski definition) is 0. The lowest BCUT2D eigenvalue weighted by Gasteiger charge is -2.26. The van der Waals surface area contributed by atoms with Crippen molar-refractivity contribution < 1.29 is 0 Å².